The van der Waals surface area contributed by atoms with Crippen LogP contribution in [-0.4, -0.2) is 22.9 Å². The summed E-state index contributed by atoms with van der Waals surface area (Å²) in [4.78, 5) is 0. The molecule has 1 aromatic heterocycles. The number of nitrogens with zero attached hydrogens (tertiary/aromatic N) is 2. The standard InChI is InChI=1S/C13H25N3/c1-7-14-8-9(2)12(5)16-13(6)10(3)11(4)15-16/h9,12,14H,7-8H2,1-6H3. The van der Waals surface area contributed by atoms with Crippen LogP contribution in [0, 0.1) is 26.7 Å². The third-order valence-electron chi connectivity index (χ3n) is 3.61. The molecule has 16 heavy (non-hydrogen) atoms. The van der Waals surface area contributed by atoms with Gasteiger partial charge in [0.25, 0.3) is 0 Å². The molecule has 0 spiro atoms. The van der Waals surface area contributed by atoms with Crippen molar-refractivity contribution in [1.82, 2.24) is 15.1 Å². The van der Waals surface area contributed by atoms with E-state index in [1.165, 1.54) is 11.3 Å². The first-order valence-electron chi connectivity index (χ1n) is 6.22. The summed E-state index contributed by atoms with van der Waals surface area (Å²) in [5, 5.41) is 8.03. The Morgan fingerprint density at radius 1 is 1.25 bits per heavy atom. The highest BCUT2D eigenvalue weighted by molar-refractivity contribution is 5.22. The van der Waals surface area contributed by atoms with Crippen molar-refractivity contribution in [2.24, 2.45) is 5.92 Å². The minimum atomic E-state index is 0.450. The van der Waals surface area contributed by atoms with Gasteiger partial charge in [-0.05, 0) is 52.3 Å². The zero-order chi connectivity index (χ0) is 12.3. The molecular formula is C13H25N3. The SMILES string of the molecule is CCNCC(C)C(C)n1nc(C)c(C)c1C. The van der Waals surface area contributed by atoms with Gasteiger partial charge in [0, 0.05) is 5.69 Å². The highest BCUT2D eigenvalue weighted by Gasteiger charge is 2.18. The van der Waals surface area contributed by atoms with Crippen LogP contribution in [-0.2, 0) is 0 Å². The molecule has 0 saturated carbocycles. The third kappa shape index (κ3) is 2.64. The second-order valence-corrected chi connectivity index (χ2v) is 4.77. The molecule has 1 rings (SSSR count). The van der Waals surface area contributed by atoms with Crippen LogP contribution in [0.5, 0.6) is 0 Å². The average molecular weight is 223 g/mol. The fraction of sp³-hybridized carbons (Fsp3) is 0.769. The van der Waals surface area contributed by atoms with Crippen LogP contribution in [0.2, 0.25) is 0 Å². The molecule has 0 aliphatic rings. The smallest absolute Gasteiger partial charge is 0.0625 e. The molecule has 3 heteroatoms. The lowest BCUT2D eigenvalue weighted by Crippen LogP contribution is -2.27. The number of aromatic nitrogens is 2. The summed E-state index contributed by atoms with van der Waals surface area (Å²) in [7, 11) is 0. The second kappa shape index (κ2) is 5.48. The van der Waals surface area contributed by atoms with Gasteiger partial charge >= 0.3 is 0 Å². The first kappa shape index (κ1) is 13.2. The Kier molecular flexibility index (Phi) is 4.54. The van der Waals surface area contributed by atoms with E-state index in [2.05, 4.69) is 56.6 Å². The first-order chi connectivity index (χ1) is 7.49. The fourth-order valence-electron chi connectivity index (χ4n) is 1.93. The van der Waals surface area contributed by atoms with E-state index in [0.717, 1.165) is 18.8 Å². The molecule has 0 aliphatic heterocycles. The summed E-state index contributed by atoms with van der Waals surface area (Å²) in [6.45, 7) is 15.1. The van der Waals surface area contributed by atoms with Gasteiger partial charge in [0.1, 0.15) is 0 Å². The zero-order valence-corrected chi connectivity index (χ0v) is 11.5. The van der Waals surface area contributed by atoms with E-state index in [0.29, 0.717) is 12.0 Å². The summed E-state index contributed by atoms with van der Waals surface area (Å²) >= 11 is 0. The summed E-state index contributed by atoms with van der Waals surface area (Å²) in [5.41, 5.74) is 3.77. The van der Waals surface area contributed by atoms with Crippen LogP contribution in [0.25, 0.3) is 0 Å². The quantitative estimate of drug-likeness (QED) is 0.831. The van der Waals surface area contributed by atoms with E-state index < -0.39 is 0 Å². The Bertz CT molecular complexity index is 341. The second-order valence-electron chi connectivity index (χ2n) is 4.77. The molecular weight excluding hydrogens is 198 g/mol. The van der Waals surface area contributed by atoms with Gasteiger partial charge in [0.2, 0.25) is 0 Å². The minimum Gasteiger partial charge on any atom is -0.317 e. The monoisotopic (exact) mass is 223 g/mol. The van der Waals surface area contributed by atoms with Gasteiger partial charge in [-0.2, -0.15) is 5.10 Å². The van der Waals surface area contributed by atoms with E-state index in [1.807, 2.05) is 0 Å². The predicted molar refractivity (Wildman–Crippen MR) is 68.9 cm³/mol. The maximum atomic E-state index is 4.63. The molecule has 2 unspecified atom stereocenters. The Labute approximate surface area is 99.2 Å². The van der Waals surface area contributed by atoms with E-state index in [9.17, 15) is 0 Å². The van der Waals surface area contributed by atoms with Crippen molar-refractivity contribution in [2.45, 2.75) is 47.6 Å². The van der Waals surface area contributed by atoms with Crippen LogP contribution < -0.4 is 5.32 Å². The van der Waals surface area contributed by atoms with Crippen LogP contribution in [0.15, 0.2) is 0 Å². The van der Waals surface area contributed by atoms with E-state index >= 15 is 0 Å². The summed E-state index contributed by atoms with van der Waals surface area (Å²) in [5.74, 6) is 0.595. The van der Waals surface area contributed by atoms with Crippen molar-refractivity contribution in [2.75, 3.05) is 13.1 Å². The molecule has 1 N–H and O–H groups in total. The van der Waals surface area contributed by atoms with E-state index in [4.69, 9.17) is 0 Å². The Morgan fingerprint density at radius 2 is 1.88 bits per heavy atom. The number of hydrogen-bond acceptors (Lipinski definition) is 2. The Hall–Kier alpha value is -0.830. The molecule has 0 aromatic carbocycles. The van der Waals surface area contributed by atoms with Gasteiger partial charge in [0.05, 0.1) is 11.7 Å². The van der Waals surface area contributed by atoms with Crippen molar-refractivity contribution in [3.63, 3.8) is 0 Å². The molecule has 0 aliphatic carbocycles. The van der Waals surface area contributed by atoms with Crippen molar-refractivity contribution in [3.8, 4) is 0 Å². The van der Waals surface area contributed by atoms with Crippen molar-refractivity contribution in [1.29, 1.82) is 0 Å². The normalized spacial score (nSPS) is 15.1. The first-order valence-corrected chi connectivity index (χ1v) is 6.22. The van der Waals surface area contributed by atoms with Gasteiger partial charge < -0.3 is 5.32 Å². The van der Waals surface area contributed by atoms with Crippen molar-refractivity contribution >= 4 is 0 Å². The number of hydrogen-bond donors (Lipinski definition) is 1. The van der Waals surface area contributed by atoms with E-state index in [1.54, 1.807) is 0 Å². The largest absolute Gasteiger partial charge is 0.317 e. The van der Waals surface area contributed by atoms with Crippen LogP contribution in [0.4, 0.5) is 0 Å². The van der Waals surface area contributed by atoms with Crippen LogP contribution >= 0.6 is 0 Å². The molecule has 1 aromatic rings. The highest BCUT2D eigenvalue weighted by atomic mass is 15.3. The van der Waals surface area contributed by atoms with Gasteiger partial charge in [-0.15, -0.1) is 0 Å². The highest BCUT2D eigenvalue weighted by Crippen LogP contribution is 2.21. The predicted octanol–water partition coefficient (Wildman–Crippen LogP) is 2.61. The third-order valence-corrected chi connectivity index (χ3v) is 3.61. The lowest BCUT2D eigenvalue weighted by Gasteiger charge is -2.22. The van der Waals surface area contributed by atoms with Crippen LogP contribution in [0.3, 0.4) is 0 Å². The van der Waals surface area contributed by atoms with Gasteiger partial charge in [-0.3, -0.25) is 4.68 Å². The lowest BCUT2D eigenvalue weighted by molar-refractivity contribution is 0.333. The fourth-order valence-corrected chi connectivity index (χ4v) is 1.93. The van der Waals surface area contributed by atoms with Gasteiger partial charge in [-0.1, -0.05) is 13.8 Å². The molecule has 0 radical (unpaired) electrons. The van der Waals surface area contributed by atoms with Crippen molar-refractivity contribution in [3.05, 3.63) is 17.0 Å². The zero-order valence-electron chi connectivity index (χ0n) is 11.5. The number of nitrogens with one attached hydrogen (secondary N) is 1. The molecule has 3 nitrogen and oxygen atoms in total. The number of aryl methyl sites for hydroxylation is 1. The summed E-state index contributed by atoms with van der Waals surface area (Å²) in [6, 6.07) is 0.450. The topological polar surface area (TPSA) is 29.9 Å². The summed E-state index contributed by atoms with van der Waals surface area (Å²) < 4.78 is 2.17. The molecule has 1 heterocycles. The average Bonchev–Trinajstić information content (AvgIpc) is 2.52. The van der Waals surface area contributed by atoms with Crippen LogP contribution in [0.1, 0.15) is 43.8 Å². The molecule has 0 saturated heterocycles. The van der Waals surface area contributed by atoms with Gasteiger partial charge in [0.15, 0.2) is 0 Å². The summed E-state index contributed by atoms with van der Waals surface area (Å²) in [6.07, 6.45) is 0. The van der Waals surface area contributed by atoms with Gasteiger partial charge in [-0.25, -0.2) is 0 Å². The lowest BCUT2D eigenvalue weighted by atomic mass is 10.0. The maximum Gasteiger partial charge on any atom is 0.0625 e. The van der Waals surface area contributed by atoms with E-state index in [-0.39, 0.29) is 0 Å². The Morgan fingerprint density at radius 3 is 2.31 bits per heavy atom. The Balaban J connectivity index is 2.79. The van der Waals surface area contributed by atoms with Crippen molar-refractivity contribution < 1.29 is 0 Å². The molecule has 0 amide bonds. The molecule has 0 bridgehead atoms. The number of rotatable bonds is 5. The molecule has 0 fully saturated rings. The molecule has 2 atom stereocenters. The maximum absolute atomic E-state index is 4.63. The molecule has 92 valence electrons. The minimum absolute atomic E-state index is 0.450.